The molecule has 90 valence electrons. The Labute approximate surface area is 95.1 Å². The average molecular weight is 227 g/mol. The second-order valence-electron chi connectivity index (χ2n) is 3.57. The smallest absolute Gasteiger partial charge is 0.234 e. The van der Waals surface area contributed by atoms with Gasteiger partial charge in [-0.3, -0.25) is 9.69 Å². The fourth-order valence-corrected chi connectivity index (χ4v) is 1.48. The minimum atomic E-state index is -0.416. The molecule has 1 amide bonds. The molecular formula is C10H17N3O3. The highest BCUT2D eigenvalue weighted by atomic mass is 16.5. The molecule has 6 nitrogen and oxygen atoms in total. The molecule has 0 aromatic carbocycles. The molecule has 1 unspecified atom stereocenters. The van der Waals surface area contributed by atoms with Gasteiger partial charge in [0.25, 0.3) is 0 Å². The third-order valence-corrected chi connectivity index (χ3v) is 2.29. The summed E-state index contributed by atoms with van der Waals surface area (Å²) < 4.78 is 10.0. The fraction of sp³-hybridized carbons (Fsp3) is 0.800. The van der Waals surface area contributed by atoms with Crippen LogP contribution in [0.3, 0.4) is 0 Å². The molecule has 1 aliphatic heterocycles. The van der Waals surface area contributed by atoms with Crippen LogP contribution in [0.1, 0.15) is 0 Å². The van der Waals surface area contributed by atoms with E-state index in [4.69, 9.17) is 14.7 Å². The summed E-state index contributed by atoms with van der Waals surface area (Å²) >= 11 is 0. The SMILES string of the molecule is COCCNC(=O)CN1CCOC(C#N)C1. The summed E-state index contributed by atoms with van der Waals surface area (Å²) in [6, 6.07) is 2.04. The second kappa shape index (κ2) is 7.17. The van der Waals surface area contributed by atoms with Crippen LogP contribution in [0.5, 0.6) is 0 Å². The number of hydrogen-bond donors (Lipinski definition) is 1. The molecule has 1 atom stereocenters. The van der Waals surface area contributed by atoms with E-state index in [2.05, 4.69) is 5.32 Å². The lowest BCUT2D eigenvalue weighted by molar-refractivity contribution is -0.123. The monoisotopic (exact) mass is 227 g/mol. The van der Waals surface area contributed by atoms with Crippen LogP contribution in [-0.2, 0) is 14.3 Å². The molecule has 16 heavy (non-hydrogen) atoms. The lowest BCUT2D eigenvalue weighted by Crippen LogP contribution is -2.46. The fourth-order valence-electron chi connectivity index (χ4n) is 1.48. The van der Waals surface area contributed by atoms with Crippen molar-refractivity contribution in [3.8, 4) is 6.07 Å². The number of carbonyl (C=O) groups is 1. The van der Waals surface area contributed by atoms with Gasteiger partial charge in [-0.25, -0.2) is 0 Å². The van der Waals surface area contributed by atoms with Gasteiger partial charge in [-0.2, -0.15) is 5.26 Å². The zero-order valence-corrected chi connectivity index (χ0v) is 9.44. The maximum Gasteiger partial charge on any atom is 0.234 e. The number of morpholine rings is 1. The molecule has 0 spiro atoms. The standard InChI is InChI=1S/C10H17N3O3/c1-15-4-2-12-10(14)8-13-3-5-16-9(6-11)7-13/h9H,2-5,7-8H2,1H3,(H,12,14). The molecule has 0 radical (unpaired) electrons. The first-order valence-electron chi connectivity index (χ1n) is 5.25. The van der Waals surface area contributed by atoms with E-state index in [0.717, 1.165) is 0 Å². The first kappa shape index (κ1) is 12.9. The zero-order chi connectivity index (χ0) is 11.8. The number of carbonyl (C=O) groups excluding carboxylic acids is 1. The topological polar surface area (TPSA) is 74.6 Å². The van der Waals surface area contributed by atoms with E-state index in [1.807, 2.05) is 11.0 Å². The van der Waals surface area contributed by atoms with Gasteiger partial charge in [0.05, 0.1) is 25.8 Å². The van der Waals surface area contributed by atoms with Crippen molar-refractivity contribution in [3.05, 3.63) is 0 Å². The van der Waals surface area contributed by atoms with Gasteiger partial charge in [-0.15, -0.1) is 0 Å². The van der Waals surface area contributed by atoms with Crippen molar-refractivity contribution < 1.29 is 14.3 Å². The molecule has 1 heterocycles. The lowest BCUT2D eigenvalue weighted by Gasteiger charge is -2.28. The summed E-state index contributed by atoms with van der Waals surface area (Å²) in [6.45, 7) is 3.02. The third kappa shape index (κ3) is 4.57. The van der Waals surface area contributed by atoms with E-state index in [1.54, 1.807) is 7.11 Å². The Morgan fingerprint density at radius 2 is 2.56 bits per heavy atom. The highest BCUT2D eigenvalue weighted by Crippen LogP contribution is 2.03. The molecule has 0 aliphatic carbocycles. The Morgan fingerprint density at radius 1 is 1.75 bits per heavy atom. The summed E-state index contributed by atoms with van der Waals surface area (Å²) in [5, 5.41) is 11.4. The number of nitrogens with zero attached hydrogens (tertiary/aromatic N) is 2. The van der Waals surface area contributed by atoms with Crippen molar-refractivity contribution in [2.24, 2.45) is 0 Å². The van der Waals surface area contributed by atoms with Crippen molar-refractivity contribution in [2.75, 3.05) is 46.5 Å². The summed E-state index contributed by atoms with van der Waals surface area (Å²) in [7, 11) is 1.59. The van der Waals surface area contributed by atoms with E-state index < -0.39 is 6.10 Å². The molecule has 0 aromatic rings. The Morgan fingerprint density at radius 3 is 3.25 bits per heavy atom. The lowest BCUT2D eigenvalue weighted by atomic mass is 10.3. The summed E-state index contributed by atoms with van der Waals surface area (Å²) in [5.41, 5.74) is 0. The first-order valence-corrected chi connectivity index (χ1v) is 5.25. The Bertz CT molecular complexity index is 265. The van der Waals surface area contributed by atoms with Crippen LogP contribution in [0.4, 0.5) is 0 Å². The molecular weight excluding hydrogens is 210 g/mol. The second-order valence-corrected chi connectivity index (χ2v) is 3.57. The highest BCUT2D eigenvalue weighted by Gasteiger charge is 2.21. The normalized spacial score (nSPS) is 21.4. The quantitative estimate of drug-likeness (QED) is 0.608. The van der Waals surface area contributed by atoms with Gasteiger partial charge in [0.15, 0.2) is 6.10 Å². The number of methoxy groups -OCH3 is 1. The Hall–Kier alpha value is -1.16. The number of nitrogens with one attached hydrogen (secondary N) is 1. The number of ether oxygens (including phenoxy) is 2. The molecule has 1 aliphatic rings. The molecule has 0 aromatic heterocycles. The number of nitriles is 1. The van der Waals surface area contributed by atoms with Gasteiger partial charge in [-0.1, -0.05) is 0 Å². The average Bonchev–Trinajstić information content (AvgIpc) is 2.29. The number of amides is 1. The number of rotatable bonds is 5. The van der Waals surface area contributed by atoms with Crippen LogP contribution in [0.15, 0.2) is 0 Å². The van der Waals surface area contributed by atoms with Gasteiger partial charge in [0.2, 0.25) is 5.91 Å². The minimum Gasteiger partial charge on any atom is -0.383 e. The molecule has 0 saturated carbocycles. The summed E-state index contributed by atoms with van der Waals surface area (Å²) in [6.07, 6.45) is -0.416. The molecule has 6 heteroatoms. The van der Waals surface area contributed by atoms with Crippen LogP contribution in [-0.4, -0.2) is 63.4 Å². The number of hydrogen-bond acceptors (Lipinski definition) is 5. The first-order chi connectivity index (χ1) is 7.76. The van der Waals surface area contributed by atoms with Crippen LogP contribution in [0, 0.1) is 11.3 Å². The zero-order valence-electron chi connectivity index (χ0n) is 9.44. The van der Waals surface area contributed by atoms with E-state index in [1.165, 1.54) is 0 Å². The summed E-state index contributed by atoms with van der Waals surface area (Å²) in [5.74, 6) is -0.0457. The van der Waals surface area contributed by atoms with Crippen LogP contribution < -0.4 is 5.32 Å². The van der Waals surface area contributed by atoms with Gasteiger partial charge in [-0.05, 0) is 0 Å². The van der Waals surface area contributed by atoms with E-state index in [9.17, 15) is 4.79 Å². The Kier molecular flexibility index (Phi) is 5.78. The van der Waals surface area contributed by atoms with Crippen molar-refractivity contribution >= 4 is 5.91 Å². The molecule has 1 rings (SSSR count). The molecule has 1 N–H and O–H groups in total. The van der Waals surface area contributed by atoms with Crippen LogP contribution in [0.25, 0.3) is 0 Å². The van der Waals surface area contributed by atoms with Crippen LogP contribution >= 0.6 is 0 Å². The maximum atomic E-state index is 11.4. The van der Waals surface area contributed by atoms with E-state index >= 15 is 0 Å². The van der Waals surface area contributed by atoms with Crippen molar-refractivity contribution in [3.63, 3.8) is 0 Å². The van der Waals surface area contributed by atoms with Gasteiger partial charge < -0.3 is 14.8 Å². The largest absolute Gasteiger partial charge is 0.383 e. The highest BCUT2D eigenvalue weighted by molar-refractivity contribution is 5.78. The molecule has 1 saturated heterocycles. The molecule has 1 fully saturated rings. The predicted molar refractivity (Wildman–Crippen MR) is 56.7 cm³/mol. The minimum absolute atomic E-state index is 0.0457. The maximum absolute atomic E-state index is 11.4. The van der Waals surface area contributed by atoms with E-state index in [-0.39, 0.29) is 5.91 Å². The van der Waals surface area contributed by atoms with Crippen molar-refractivity contribution in [1.29, 1.82) is 5.26 Å². The van der Waals surface area contributed by atoms with Gasteiger partial charge in [0, 0.05) is 26.7 Å². The third-order valence-electron chi connectivity index (χ3n) is 2.29. The van der Waals surface area contributed by atoms with E-state index in [0.29, 0.717) is 39.4 Å². The van der Waals surface area contributed by atoms with Crippen molar-refractivity contribution in [2.45, 2.75) is 6.10 Å². The van der Waals surface area contributed by atoms with Gasteiger partial charge in [0.1, 0.15) is 0 Å². The van der Waals surface area contributed by atoms with Gasteiger partial charge >= 0.3 is 0 Å². The molecule has 0 bridgehead atoms. The predicted octanol–water partition coefficient (Wildman–Crippen LogP) is -1.03. The summed E-state index contributed by atoms with van der Waals surface area (Å²) in [4.78, 5) is 13.4. The Balaban J connectivity index is 2.20. The van der Waals surface area contributed by atoms with Crippen molar-refractivity contribution in [1.82, 2.24) is 10.2 Å². The van der Waals surface area contributed by atoms with Crippen LogP contribution in [0.2, 0.25) is 0 Å².